The maximum absolute atomic E-state index is 6.41. The van der Waals surface area contributed by atoms with Crippen molar-refractivity contribution >= 4 is 0 Å². The number of nitrogens with zero attached hydrogens (tertiary/aromatic N) is 2. The van der Waals surface area contributed by atoms with E-state index in [2.05, 4.69) is 48.9 Å². The van der Waals surface area contributed by atoms with Crippen LogP contribution in [0.2, 0.25) is 0 Å². The van der Waals surface area contributed by atoms with Gasteiger partial charge in [0.1, 0.15) is 11.2 Å². The predicted octanol–water partition coefficient (Wildman–Crippen LogP) is 4.77. The van der Waals surface area contributed by atoms with Crippen molar-refractivity contribution < 1.29 is 9.47 Å². The van der Waals surface area contributed by atoms with Crippen LogP contribution >= 0.6 is 0 Å². The van der Waals surface area contributed by atoms with Gasteiger partial charge in [0.15, 0.2) is 0 Å². The number of aromatic nitrogens is 2. The van der Waals surface area contributed by atoms with Crippen LogP contribution in [0.4, 0.5) is 0 Å². The van der Waals surface area contributed by atoms with Crippen LogP contribution < -0.4 is 0 Å². The van der Waals surface area contributed by atoms with Gasteiger partial charge in [-0.2, -0.15) is 0 Å². The summed E-state index contributed by atoms with van der Waals surface area (Å²) < 4.78 is 12.4. The molecule has 1 aliphatic carbocycles. The number of pyridine rings is 2. The first-order valence-corrected chi connectivity index (χ1v) is 9.53. The molecule has 1 saturated carbocycles. The van der Waals surface area contributed by atoms with Gasteiger partial charge in [-0.1, -0.05) is 6.07 Å². The summed E-state index contributed by atoms with van der Waals surface area (Å²) in [5.74, 6) is 0. The molecular weight excluding hydrogens is 324 g/mol. The number of ether oxygens (including phenoxy) is 2. The van der Waals surface area contributed by atoms with Gasteiger partial charge in [0.2, 0.25) is 0 Å². The highest BCUT2D eigenvalue weighted by Crippen LogP contribution is 2.49. The molecule has 0 aromatic carbocycles. The summed E-state index contributed by atoms with van der Waals surface area (Å²) >= 11 is 0. The lowest BCUT2D eigenvalue weighted by molar-refractivity contribution is -0.0628. The normalized spacial score (nSPS) is 17.3. The SMILES string of the molecule is CC(C)OC(C)(C)c1cc(CC(C)OC2(c3ccccn3)CC2)ccn1. The van der Waals surface area contributed by atoms with Gasteiger partial charge in [-0.25, -0.2) is 0 Å². The van der Waals surface area contributed by atoms with E-state index in [9.17, 15) is 0 Å². The van der Waals surface area contributed by atoms with E-state index in [0.29, 0.717) is 0 Å². The van der Waals surface area contributed by atoms with Crippen LogP contribution in [0.15, 0.2) is 42.7 Å². The molecule has 2 heterocycles. The molecule has 1 aliphatic rings. The zero-order valence-corrected chi connectivity index (χ0v) is 16.5. The van der Waals surface area contributed by atoms with Gasteiger partial charge in [-0.3, -0.25) is 9.97 Å². The fourth-order valence-corrected chi connectivity index (χ4v) is 3.52. The van der Waals surface area contributed by atoms with Crippen molar-refractivity contribution in [3.05, 3.63) is 59.7 Å². The van der Waals surface area contributed by atoms with Crippen molar-refractivity contribution in [3.8, 4) is 0 Å². The van der Waals surface area contributed by atoms with E-state index in [4.69, 9.17) is 9.47 Å². The third-order valence-electron chi connectivity index (χ3n) is 4.76. The molecule has 0 saturated heterocycles. The second kappa shape index (κ2) is 7.45. The second-order valence-electron chi connectivity index (χ2n) is 8.07. The lowest BCUT2D eigenvalue weighted by Gasteiger charge is -2.28. The summed E-state index contributed by atoms with van der Waals surface area (Å²) in [4.78, 5) is 9.03. The summed E-state index contributed by atoms with van der Waals surface area (Å²) in [5, 5.41) is 0. The van der Waals surface area contributed by atoms with Crippen LogP contribution in [0.3, 0.4) is 0 Å². The van der Waals surface area contributed by atoms with E-state index < -0.39 is 5.60 Å². The van der Waals surface area contributed by atoms with Gasteiger partial charge in [-0.05, 0) is 83.7 Å². The molecule has 2 aromatic heterocycles. The summed E-state index contributed by atoms with van der Waals surface area (Å²) in [7, 11) is 0. The standard InChI is InChI=1S/C22H30N2O2/c1-16(2)25-21(4,5)20-15-18(9-13-24-20)14-17(3)26-22(10-11-22)19-8-6-7-12-23-19/h6-9,12-13,15-17H,10-11,14H2,1-5H3. The first kappa shape index (κ1) is 19.0. The summed E-state index contributed by atoms with van der Waals surface area (Å²) in [5.41, 5.74) is 2.64. The molecule has 1 fully saturated rings. The maximum Gasteiger partial charge on any atom is 0.111 e. The Kier molecular flexibility index (Phi) is 5.44. The van der Waals surface area contributed by atoms with E-state index in [1.54, 1.807) is 0 Å². The molecule has 0 bridgehead atoms. The minimum atomic E-state index is -0.403. The molecule has 4 nitrogen and oxygen atoms in total. The molecule has 140 valence electrons. The third-order valence-corrected chi connectivity index (χ3v) is 4.76. The summed E-state index contributed by atoms with van der Waals surface area (Å²) in [6.07, 6.45) is 6.93. The Morgan fingerprint density at radius 2 is 1.85 bits per heavy atom. The lowest BCUT2D eigenvalue weighted by atomic mass is 10.00. The van der Waals surface area contributed by atoms with Gasteiger partial charge in [0, 0.05) is 12.4 Å². The van der Waals surface area contributed by atoms with Crippen LogP contribution in [-0.4, -0.2) is 22.2 Å². The smallest absolute Gasteiger partial charge is 0.111 e. The Labute approximate surface area is 157 Å². The Morgan fingerprint density at radius 1 is 1.08 bits per heavy atom. The van der Waals surface area contributed by atoms with E-state index in [1.807, 2.05) is 38.4 Å². The summed E-state index contributed by atoms with van der Waals surface area (Å²) in [6, 6.07) is 10.2. The topological polar surface area (TPSA) is 44.2 Å². The van der Waals surface area contributed by atoms with Crippen molar-refractivity contribution in [2.75, 3.05) is 0 Å². The molecular formula is C22H30N2O2. The number of rotatable bonds is 8. The molecule has 1 unspecified atom stereocenters. The van der Waals surface area contributed by atoms with Crippen molar-refractivity contribution in [2.45, 2.75) is 77.3 Å². The van der Waals surface area contributed by atoms with Crippen LogP contribution in [0.1, 0.15) is 64.4 Å². The van der Waals surface area contributed by atoms with Crippen molar-refractivity contribution in [1.29, 1.82) is 0 Å². The van der Waals surface area contributed by atoms with Gasteiger partial charge in [0.05, 0.1) is 23.6 Å². The molecule has 0 amide bonds. The van der Waals surface area contributed by atoms with Crippen LogP contribution in [0, 0.1) is 0 Å². The Bertz CT molecular complexity index is 724. The molecule has 4 heteroatoms. The molecule has 0 spiro atoms. The Hall–Kier alpha value is -1.78. The monoisotopic (exact) mass is 354 g/mol. The first-order chi connectivity index (χ1) is 12.3. The van der Waals surface area contributed by atoms with Gasteiger partial charge < -0.3 is 9.47 Å². The lowest BCUT2D eigenvalue weighted by Crippen LogP contribution is -2.27. The van der Waals surface area contributed by atoms with Gasteiger partial charge in [-0.15, -0.1) is 0 Å². The van der Waals surface area contributed by atoms with Gasteiger partial charge in [0.25, 0.3) is 0 Å². The van der Waals surface area contributed by atoms with Crippen molar-refractivity contribution in [2.24, 2.45) is 0 Å². The fourth-order valence-electron chi connectivity index (χ4n) is 3.52. The quantitative estimate of drug-likeness (QED) is 0.685. The van der Waals surface area contributed by atoms with Gasteiger partial charge >= 0.3 is 0 Å². The van der Waals surface area contributed by atoms with Crippen LogP contribution in [0.25, 0.3) is 0 Å². The maximum atomic E-state index is 6.41. The number of hydrogen-bond donors (Lipinski definition) is 0. The zero-order chi connectivity index (χ0) is 18.8. The molecule has 3 rings (SSSR count). The highest BCUT2D eigenvalue weighted by molar-refractivity contribution is 5.22. The van der Waals surface area contributed by atoms with Crippen molar-refractivity contribution in [3.63, 3.8) is 0 Å². The minimum Gasteiger partial charge on any atom is -0.367 e. The highest BCUT2D eigenvalue weighted by Gasteiger charge is 2.48. The summed E-state index contributed by atoms with van der Waals surface area (Å²) in [6.45, 7) is 10.4. The Morgan fingerprint density at radius 3 is 2.46 bits per heavy atom. The van der Waals surface area contributed by atoms with E-state index in [1.165, 1.54) is 5.56 Å². The minimum absolute atomic E-state index is 0.115. The first-order valence-electron chi connectivity index (χ1n) is 9.53. The van der Waals surface area contributed by atoms with E-state index in [-0.39, 0.29) is 17.8 Å². The molecule has 0 aliphatic heterocycles. The van der Waals surface area contributed by atoms with E-state index >= 15 is 0 Å². The zero-order valence-electron chi connectivity index (χ0n) is 16.5. The van der Waals surface area contributed by atoms with E-state index in [0.717, 1.165) is 30.7 Å². The average Bonchev–Trinajstić information content (AvgIpc) is 3.35. The number of hydrogen-bond acceptors (Lipinski definition) is 4. The molecule has 26 heavy (non-hydrogen) atoms. The fraction of sp³-hybridized carbons (Fsp3) is 0.545. The van der Waals surface area contributed by atoms with Crippen LogP contribution in [0.5, 0.6) is 0 Å². The molecule has 2 aromatic rings. The molecule has 1 atom stereocenters. The van der Waals surface area contributed by atoms with Crippen LogP contribution in [-0.2, 0) is 27.1 Å². The molecule has 0 N–H and O–H groups in total. The largest absolute Gasteiger partial charge is 0.367 e. The highest BCUT2D eigenvalue weighted by atomic mass is 16.5. The predicted molar refractivity (Wildman–Crippen MR) is 103 cm³/mol. The molecule has 0 radical (unpaired) electrons. The van der Waals surface area contributed by atoms with Crippen molar-refractivity contribution in [1.82, 2.24) is 9.97 Å². The average molecular weight is 354 g/mol. The third kappa shape index (κ3) is 4.49. The second-order valence-corrected chi connectivity index (χ2v) is 8.07. The Balaban J connectivity index is 1.67.